The Morgan fingerprint density at radius 3 is 2.36 bits per heavy atom. The number of aromatic nitrogens is 4. The first-order valence-corrected chi connectivity index (χ1v) is 11.7. The summed E-state index contributed by atoms with van der Waals surface area (Å²) in [7, 11) is -2.49. The predicted molar refractivity (Wildman–Crippen MR) is 109 cm³/mol. The van der Waals surface area contributed by atoms with Crippen molar-refractivity contribution in [3.8, 4) is 11.4 Å². The highest BCUT2D eigenvalue weighted by molar-refractivity contribution is 7.91. The molecule has 13 heteroatoms. The maximum Gasteiger partial charge on any atom is 0.455 e. The maximum atomic E-state index is 13.6. The SMILES string of the molecule is CCS(=O)(=O)c1ccc(C2CC2)nc1-c1cc2c(cn1)n(CC(F)(F)C(F)(F)F)c(=O)n2C. The average Bonchev–Trinajstić information content (AvgIpc) is 3.57. The van der Waals surface area contributed by atoms with Gasteiger partial charge in [-0.3, -0.25) is 14.1 Å². The number of fused-ring (bicyclic) bond motifs is 1. The summed E-state index contributed by atoms with van der Waals surface area (Å²) in [6.07, 6.45) is -3.04. The molecule has 3 heterocycles. The van der Waals surface area contributed by atoms with Crippen LogP contribution in [0.4, 0.5) is 22.0 Å². The van der Waals surface area contributed by atoms with E-state index in [2.05, 4.69) is 9.97 Å². The highest BCUT2D eigenvalue weighted by Crippen LogP contribution is 2.41. The van der Waals surface area contributed by atoms with Crippen molar-refractivity contribution >= 4 is 20.9 Å². The van der Waals surface area contributed by atoms with Gasteiger partial charge >= 0.3 is 17.8 Å². The largest absolute Gasteiger partial charge is 0.455 e. The van der Waals surface area contributed by atoms with Gasteiger partial charge in [-0.25, -0.2) is 18.2 Å². The van der Waals surface area contributed by atoms with Crippen molar-refractivity contribution in [1.82, 2.24) is 19.1 Å². The van der Waals surface area contributed by atoms with E-state index in [1.54, 1.807) is 6.07 Å². The first kappa shape index (κ1) is 23.3. The molecule has 0 aliphatic heterocycles. The molecule has 0 aromatic carbocycles. The Labute approximate surface area is 184 Å². The Hall–Kier alpha value is -2.83. The van der Waals surface area contributed by atoms with Crippen molar-refractivity contribution in [2.75, 3.05) is 5.75 Å². The fourth-order valence-corrected chi connectivity index (χ4v) is 4.56. The third-order valence-corrected chi connectivity index (χ3v) is 7.40. The van der Waals surface area contributed by atoms with Crippen molar-refractivity contribution in [1.29, 1.82) is 0 Å². The summed E-state index contributed by atoms with van der Waals surface area (Å²) >= 11 is 0. The molecule has 33 heavy (non-hydrogen) atoms. The van der Waals surface area contributed by atoms with Crippen molar-refractivity contribution in [2.24, 2.45) is 7.05 Å². The first-order chi connectivity index (χ1) is 15.3. The molecule has 0 radical (unpaired) electrons. The number of sulfone groups is 1. The molecule has 1 aliphatic carbocycles. The van der Waals surface area contributed by atoms with Crippen molar-refractivity contribution in [3.63, 3.8) is 0 Å². The van der Waals surface area contributed by atoms with E-state index in [0.29, 0.717) is 10.3 Å². The standard InChI is InChI=1S/C20H19F5N4O3S/c1-3-33(31,32)16-7-6-12(11-4-5-11)27-17(16)13-8-14-15(9-26-13)29(18(30)28(14)2)10-19(21,22)20(23,24)25/h6-9,11H,3-5,10H2,1-2H3. The van der Waals surface area contributed by atoms with E-state index in [9.17, 15) is 35.2 Å². The van der Waals surface area contributed by atoms with Crippen LogP contribution in [0.2, 0.25) is 0 Å². The van der Waals surface area contributed by atoms with Gasteiger partial charge in [0.2, 0.25) is 0 Å². The van der Waals surface area contributed by atoms with E-state index in [4.69, 9.17) is 0 Å². The molecule has 0 atom stereocenters. The van der Waals surface area contributed by atoms with Crippen LogP contribution in [0.1, 0.15) is 31.4 Å². The van der Waals surface area contributed by atoms with Gasteiger partial charge in [-0.15, -0.1) is 0 Å². The van der Waals surface area contributed by atoms with Gasteiger partial charge in [0.25, 0.3) is 0 Å². The fourth-order valence-electron chi connectivity index (χ4n) is 3.53. The van der Waals surface area contributed by atoms with Crippen molar-refractivity contribution in [3.05, 3.63) is 40.6 Å². The van der Waals surface area contributed by atoms with Crippen LogP contribution in [0.3, 0.4) is 0 Å². The van der Waals surface area contributed by atoms with Crippen LogP contribution >= 0.6 is 0 Å². The van der Waals surface area contributed by atoms with Crippen LogP contribution in [0.5, 0.6) is 0 Å². The predicted octanol–water partition coefficient (Wildman–Crippen LogP) is 3.67. The molecule has 0 amide bonds. The normalized spacial score (nSPS) is 15.4. The number of alkyl halides is 5. The molecule has 178 valence electrons. The number of aryl methyl sites for hydroxylation is 1. The zero-order valence-electron chi connectivity index (χ0n) is 17.5. The minimum absolute atomic E-state index is 0.0152. The number of pyridine rings is 2. The lowest BCUT2D eigenvalue weighted by molar-refractivity contribution is -0.286. The van der Waals surface area contributed by atoms with Crippen LogP contribution in [0.25, 0.3) is 22.4 Å². The van der Waals surface area contributed by atoms with Gasteiger partial charge < -0.3 is 0 Å². The number of nitrogens with zero attached hydrogens (tertiary/aromatic N) is 4. The Balaban J connectivity index is 1.89. The average molecular weight is 490 g/mol. The minimum Gasteiger partial charge on any atom is -0.295 e. The number of imidazole rings is 1. The molecular weight excluding hydrogens is 471 g/mol. The van der Waals surface area contributed by atoms with Crippen LogP contribution in [0, 0.1) is 0 Å². The van der Waals surface area contributed by atoms with Crippen molar-refractivity contribution < 1.29 is 30.4 Å². The summed E-state index contributed by atoms with van der Waals surface area (Å²) < 4.78 is 91.8. The summed E-state index contributed by atoms with van der Waals surface area (Å²) in [6.45, 7) is -0.437. The second-order valence-corrected chi connectivity index (χ2v) is 10.2. The molecular formula is C20H19F5N4O3S. The van der Waals surface area contributed by atoms with Crippen LogP contribution in [0.15, 0.2) is 34.1 Å². The summed E-state index contributed by atoms with van der Waals surface area (Å²) in [5, 5.41) is 0. The van der Waals surface area contributed by atoms with E-state index in [-0.39, 0.29) is 39.0 Å². The Kier molecular flexibility index (Phi) is 5.38. The van der Waals surface area contributed by atoms with E-state index in [1.807, 2.05) is 0 Å². The third-order valence-electron chi connectivity index (χ3n) is 5.64. The summed E-state index contributed by atoms with van der Waals surface area (Å²) in [5.74, 6) is -5.14. The quantitative estimate of drug-likeness (QED) is 0.493. The van der Waals surface area contributed by atoms with Gasteiger partial charge in [-0.2, -0.15) is 22.0 Å². The first-order valence-electron chi connectivity index (χ1n) is 10.0. The van der Waals surface area contributed by atoms with Gasteiger partial charge in [0.15, 0.2) is 9.84 Å². The molecule has 7 nitrogen and oxygen atoms in total. The molecule has 1 fully saturated rings. The fraction of sp³-hybridized carbons (Fsp3) is 0.450. The van der Waals surface area contributed by atoms with E-state index >= 15 is 0 Å². The van der Waals surface area contributed by atoms with Gasteiger partial charge in [-0.1, -0.05) is 6.92 Å². The van der Waals surface area contributed by atoms with E-state index in [0.717, 1.165) is 23.6 Å². The number of rotatable bonds is 6. The lowest BCUT2D eigenvalue weighted by Crippen LogP contribution is -2.42. The number of hydrogen-bond donors (Lipinski definition) is 0. The smallest absolute Gasteiger partial charge is 0.295 e. The second kappa shape index (κ2) is 7.61. The highest BCUT2D eigenvalue weighted by Gasteiger charge is 2.58. The Morgan fingerprint density at radius 2 is 1.79 bits per heavy atom. The van der Waals surface area contributed by atoms with Gasteiger partial charge in [-0.05, 0) is 31.0 Å². The highest BCUT2D eigenvalue weighted by atomic mass is 32.2. The molecule has 1 saturated carbocycles. The molecule has 0 spiro atoms. The zero-order chi connectivity index (χ0) is 24.3. The monoisotopic (exact) mass is 490 g/mol. The molecule has 0 unspecified atom stereocenters. The lowest BCUT2D eigenvalue weighted by Gasteiger charge is -2.19. The van der Waals surface area contributed by atoms with Crippen molar-refractivity contribution in [2.45, 2.75) is 49.2 Å². The van der Waals surface area contributed by atoms with Crippen LogP contribution in [-0.2, 0) is 23.4 Å². The summed E-state index contributed by atoms with van der Waals surface area (Å²) in [5.41, 5.74) is -0.529. The molecule has 0 N–H and O–H groups in total. The third kappa shape index (κ3) is 4.02. The van der Waals surface area contributed by atoms with Gasteiger partial charge in [0.05, 0.1) is 33.6 Å². The number of halogens is 5. The topological polar surface area (TPSA) is 86.8 Å². The minimum atomic E-state index is -5.83. The van der Waals surface area contributed by atoms with E-state index in [1.165, 1.54) is 26.1 Å². The van der Waals surface area contributed by atoms with Gasteiger partial charge in [0, 0.05) is 18.7 Å². The lowest BCUT2D eigenvalue weighted by atomic mass is 10.2. The molecule has 3 aromatic heterocycles. The molecule has 0 bridgehead atoms. The zero-order valence-corrected chi connectivity index (χ0v) is 18.3. The van der Waals surface area contributed by atoms with Gasteiger partial charge in [0.1, 0.15) is 12.2 Å². The Bertz CT molecular complexity index is 1410. The maximum absolute atomic E-state index is 13.6. The molecule has 0 saturated heterocycles. The molecule has 3 aromatic rings. The summed E-state index contributed by atoms with van der Waals surface area (Å²) in [6, 6.07) is 4.34. The van der Waals surface area contributed by atoms with Crippen LogP contribution < -0.4 is 5.69 Å². The molecule has 4 rings (SSSR count). The molecule has 1 aliphatic rings. The Morgan fingerprint density at radius 1 is 1.12 bits per heavy atom. The van der Waals surface area contributed by atoms with Crippen LogP contribution in [-0.4, -0.2) is 45.4 Å². The van der Waals surface area contributed by atoms with E-state index < -0.39 is 34.2 Å². The number of hydrogen-bond acceptors (Lipinski definition) is 5. The summed E-state index contributed by atoms with van der Waals surface area (Å²) in [4.78, 5) is 20.9. The second-order valence-electron chi connectivity index (χ2n) is 7.95.